The van der Waals surface area contributed by atoms with Crippen LogP contribution in [0.5, 0.6) is 0 Å². The molecule has 1 unspecified atom stereocenters. The Morgan fingerprint density at radius 3 is 2.75 bits per heavy atom. The summed E-state index contributed by atoms with van der Waals surface area (Å²) in [4.78, 5) is 20.9. The molecule has 0 aliphatic carbocycles. The van der Waals surface area contributed by atoms with Gasteiger partial charge in [0.1, 0.15) is 11.7 Å². The largest absolute Gasteiger partial charge is 0.445 e. The first-order chi connectivity index (χ1) is 13.5. The Morgan fingerprint density at radius 2 is 2.07 bits per heavy atom. The molecule has 1 atom stereocenters. The van der Waals surface area contributed by atoms with Gasteiger partial charge in [-0.25, -0.2) is 9.97 Å². The summed E-state index contributed by atoms with van der Waals surface area (Å²) in [7, 11) is 0. The maximum atomic E-state index is 12.4. The fourth-order valence-corrected chi connectivity index (χ4v) is 4.14. The molecule has 2 aromatic heterocycles. The summed E-state index contributed by atoms with van der Waals surface area (Å²) in [5, 5.41) is 12.6. The zero-order valence-corrected chi connectivity index (χ0v) is 17.2. The van der Waals surface area contributed by atoms with Crippen LogP contribution in [0.4, 0.5) is 5.13 Å². The molecule has 0 saturated heterocycles. The molecule has 2 heterocycles. The number of nitrogens with zero attached hydrogens (tertiary/aromatic N) is 3. The molecule has 1 aromatic carbocycles. The van der Waals surface area contributed by atoms with E-state index >= 15 is 0 Å². The van der Waals surface area contributed by atoms with Gasteiger partial charge in [-0.15, -0.1) is 11.8 Å². The Kier molecular flexibility index (Phi) is 6.85. The Balaban J connectivity index is 1.54. The second-order valence-corrected chi connectivity index (χ2v) is 8.75. The number of amides is 1. The number of thiazole rings is 1. The third kappa shape index (κ3) is 5.44. The topological polar surface area (TPSA) is 91.8 Å². The standard InChI is InChI=1S/C20H20N4O2S2/c1-13(2)16-10-22-17(26-16)12-27-18-11-23-20(28-18)24-19(25)15(9-21)8-14-6-4-3-5-7-14/h3-7,10-11,13,15H,8,12H2,1-2H3,(H,23,24,25). The van der Waals surface area contributed by atoms with Gasteiger partial charge in [0.15, 0.2) is 5.13 Å². The van der Waals surface area contributed by atoms with E-state index in [1.165, 1.54) is 11.3 Å². The first kappa shape index (κ1) is 20.1. The minimum atomic E-state index is -0.760. The first-order valence-electron chi connectivity index (χ1n) is 8.82. The number of carbonyl (C=O) groups is 1. The van der Waals surface area contributed by atoms with Gasteiger partial charge in [-0.1, -0.05) is 55.5 Å². The number of aromatic nitrogens is 2. The molecule has 144 valence electrons. The lowest BCUT2D eigenvalue weighted by Gasteiger charge is -2.08. The molecule has 1 N–H and O–H groups in total. The van der Waals surface area contributed by atoms with Crippen LogP contribution in [0.25, 0.3) is 0 Å². The molecule has 3 aromatic rings. The van der Waals surface area contributed by atoms with Crippen LogP contribution in [0.3, 0.4) is 0 Å². The summed E-state index contributed by atoms with van der Waals surface area (Å²) in [5.41, 5.74) is 0.950. The molecule has 0 spiro atoms. The molecular weight excluding hydrogens is 392 g/mol. The van der Waals surface area contributed by atoms with Crippen molar-refractivity contribution in [2.24, 2.45) is 5.92 Å². The highest BCUT2D eigenvalue weighted by atomic mass is 32.2. The third-order valence-corrected chi connectivity index (χ3v) is 6.04. The van der Waals surface area contributed by atoms with Crippen LogP contribution in [-0.4, -0.2) is 15.9 Å². The van der Waals surface area contributed by atoms with Gasteiger partial charge in [0.2, 0.25) is 11.8 Å². The molecule has 0 radical (unpaired) electrons. The van der Waals surface area contributed by atoms with E-state index < -0.39 is 5.92 Å². The summed E-state index contributed by atoms with van der Waals surface area (Å²) in [6.45, 7) is 4.11. The molecule has 0 saturated carbocycles. The highest BCUT2D eigenvalue weighted by Gasteiger charge is 2.20. The summed E-state index contributed by atoms with van der Waals surface area (Å²) >= 11 is 2.92. The van der Waals surface area contributed by atoms with Crippen molar-refractivity contribution < 1.29 is 9.21 Å². The Hall–Kier alpha value is -2.63. The van der Waals surface area contributed by atoms with Gasteiger partial charge in [-0.05, 0) is 12.0 Å². The predicted molar refractivity (Wildman–Crippen MR) is 110 cm³/mol. The quantitative estimate of drug-likeness (QED) is 0.531. The van der Waals surface area contributed by atoms with Gasteiger partial charge in [0, 0.05) is 5.92 Å². The van der Waals surface area contributed by atoms with Crippen LogP contribution in [0.2, 0.25) is 0 Å². The summed E-state index contributed by atoms with van der Waals surface area (Å²) < 4.78 is 6.63. The molecule has 0 aliphatic rings. The summed E-state index contributed by atoms with van der Waals surface area (Å²) in [5.74, 6) is 1.34. The van der Waals surface area contributed by atoms with Crippen LogP contribution in [0.1, 0.15) is 37.0 Å². The van der Waals surface area contributed by atoms with E-state index in [4.69, 9.17) is 4.42 Å². The van der Waals surface area contributed by atoms with Crippen molar-refractivity contribution in [3.8, 4) is 6.07 Å². The van der Waals surface area contributed by atoms with Crippen molar-refractivity contribution in [1.82, 2.24) is 9.97 Å². The fourth-order valence-electron chi connectivity index (χ4n) is 2.41. The molecule has 6 nitrogen and oxygen atoms in total. The third-order valence-electron chi connectivity index (χ3n) is 3.95. The van der Waals surface area contributed by atoms with Crippen molar-refractivity contribution in [3.63, 3.8) is 0 Å². The number of thioether (sulfide) groups is 1. The van der Waals surface area contributed by atoms with Crippen molar-refractivity contribution in [1.29, 1.82) is 5.26 Å². The molecule has 0 bridgehead atoms. The highest BCUT2D eigenvalue weighted by molar-refractivity contribution is 8.00. The Labute approximate surface area is 172 Å². The smallest absolute Gasteiger partial charge is 0.243 e. The maximum Gasteiger partial charge on any atom is 0.243 e. The lowest BCUT2D eigenvalue weighted by molar-refractivity contribution is -0.118. The minimum absolute atomic E-state index is 0.306. The van der Waals surface area contributed by atoms with Gasteiger partial charge in [0.25, 0.3) is 0 Å². The number of nitriles is 1. The molecule has 3 rings (SSSR count). The number of nitrogens with one attached hydrogen (secondary N) is 1. The number of hydrogen-bond acceptors (Lipinski definition) is 7. The van der Waals surface area contributed by atoms with Gasteiger partial charge < -0.3 is 9.73 Å². The van der Waals surface area contributed by atoms with Gasteiger partial charge >= 0.3 is 0 Å². The minimum Gasteiger partial charge on any atom is -0.445 e. The molecule has 1 amide bonds. The molecule has 28 heavy (non-hydrogen) atoms. The number of anilines is 1. The van der Waals surface area contributed by atoms with Gasteiger partial charge in [0.05, 0.1) is 28.4 Å². The summed E-state index contributed by atoms with van der Waals surface area (Å²) in [6.07, 6.45) is 3.84. The molecular formula is C20H20N4O2S2. The second kappa shape index (κ2) is 9.53. The van der Waals surface area contributed by atoms with E-state index in [1.54, 1.807) is 24.2 Å². The van der Waals surface area contributed by atoms with E-state index in [-0.39, 0.29) is 5.91 Å². The van der Waals surface area contributed by atoms with E-state index in [2.05, 4.69) is 35.2 Å². The maximum absolute atomic E-state index is 12.4. The molecule has 0 fully saturated rings. The first-order valence-corrected chi connectivity index (χ1v) is 10.6. The van der Waals surface area contributed by atoms with E-state index in [9.17, 15) is 10.1 Å². The number of benzene rings is 1. The van der Waals surface area contributed by atoms with Gasteiger partial charge in [-0.3, -0.25) is 4.79 Å². The van der Waals surface area contributed by atoms with Crippen molar-refractivity contribution in [2.45, 2.75) is 36.1 Å². The number of oxazole rings is 1. The monoisotopic (exact) mass is 412 g/mol. The SMILES string of the molecule is CC(C)c1cnc(CSc2cnc(NC(=O)C(C#N)Cc3ccccc3)s2)o1. The lowest BCUT2D eigenvalue weighted by Crippen LogP contribution is -2.23. The van der Waals surface area contributed by atoms with Crippen LogP contribution >= 0.6 is 23.1 Å². The Morgan fingerprint density at radius 1 is 1.29 bits per heavy atom. The number of rotatable bonds is 8. The zero-order chi connectivity index (χ0) is 19.9. The van der Waals surface area contributed by atoms with E-state index in [0.717, 1.165) is 15.5 Å². The van der Waals surface area contributed by atoms with E-state index in [1.807, 2.05) is 30.3 Å². The van der Waals surface area contributed by atoms with Crippen LogP contribution < -0.4 is 5.32 Å². The molecule has 8 heteroatoms. The van der Waals surface area contributed by atoms with Crippen LogP contribution in [0, 0.1) is 17.2 Å². The van der Waals surface area contributed by atoms with Gasteiger partial charge in [-0.2, -0.15) is 5.26 Å². The number of hydrogen-bond donors (Lipinski definition) is 1. The highest BCUT2D eigenvalue weighted by Crippen LogP contribution is 2.31. The average Bonchev–Trinajstić information content (AvgIpc) is 3.34. The second-order valence-electron chi connectivity index (χ2n) is 6.44. The van der Waals surface area contributed by atoms with Crippen LogP contribution in [0.15, 0.2) is 51.4 Å². The van der Waals surface area contributed by atoms with Crippen molar-refractivity contribution in [2.75, 3.05) is 5.32 Å². The van der Waals surface area contributed by atoms with E-state index in [0.29, 0.717) is 29.1 Å². The molecule has 0 aliphatic heterocycles. The Bertz CT molecular complexity index is 960. The lowest BCUT2D eigenvalue weighted by atomic mass is 10.00. The fraction of sp³-hybridized carbons (Fsp3) is 0.300. The van der Waals surface area contributed by atoms with Crippen LogP contribution in [-0.2, 0) is 17.0 Å². The van der Waals surface area contributed by atoms with Crippen molar-refractivity contribution >= 4 is 34.1 Å². The predicted octanol–water partition coefficient (Wildman–Crippen LogP) is 4.87. The summed E-state index contributed by atoms with van der Waals surface area (Å²) in [6, 6.07) is 11.6. The number of carbonyl (C=O) groups excluding carboxylic acids is 1. The average molecular weight is 413 g/mol. The van der Waals surface area contributed by atoms with Crippen molar-refractivity contribution in [3.05, 3.63) is 59.9 Å². The zero-order valence-electron chi connectivity index (χ0n) is 15.6. The normalized spacial score (nSPS) is 11.9.